The molecule has 0 aromatic heterocycles. The highest BCUT2D eigenvalue weighted by Crippen LogP contribution is 2.19. The Kier molecular flexibility index (Phi) is 3.70. The SMILES string of the molecule is C[SiH2]C(C)OC1=CCCCC1. The van der Waals surface area contributed by atoms with Crippen molar-refractivity contribution >= 4 is 9.52 Å². The summed E-state index contributed by atoms with van der Waals surface area (Å²) in [5.74, 6) is 1.26. The van der Waals surface area contributed by atoms with Gasteiger partial charge in [-0.1, -0.05) is 6.55 Å². The summed E-state index contributed by atoms with van der Waals surface area (Å²) < 4.78 is 5.76. The molecule has 2 heteroatoms. The molecule has 1 rings (SSSR count). The van der Waals surface area contributed by atoms with Crippen molar-refractivity contribution in [2.45, 2.75) is 44.9 Å². The summed E-state index contributed by atoms with van der Waals surface area (Å²) in [4.78, 5) is 0. The first-order chi connectivity index (χ1) is 5.33. The van der Waals surface area contributed by atoms with E-state index in [0.717, 1.165) is 0 Å². The van der Waals surface area contributed by atoms with Crippen LogP contribution in [0.25, 0.3) is 0 Å². The molecule has 1 nitrogen and oxygen atoms in total. The maximum atomic E-state index is 5.76. The van der Waals surface area contributed by atoms with Crippen LogP contribution in [-0.2, 0) is 4.74 Å². The Morgan fingerprint density at radius 3 is 2.91 bits per heavy atom. The Labute approximate surface area is 71.7 Å². The summed E-state index contributed by atoms with van der Waals surface area (Å²) in [5.41, 5.74) is 0.541. The molecule has 0 fully saturated rings. The fraction of sp³-hybridized carbons (Fsp3) is 0.778. The Bertz CT molecular complexity index is 142. The van der Waals surface area contributed by atoms with Gasteiger partial charge in [-0.3, -0.25) is 0 Å². The monoisotopic (exact) mass is 170 g/mol. The average Bonchev–Trinajstić information content (AvgIpc) is 2.06. The molecule has 0 aromatic carbocycles. The van der Waals surface area contributed by atoms with Crippen LogP contribution in [0.15, 0.2) is 11.8 Å². The molecule has 0 amide bonds. The van der Waals surface area contributed by atoms with E-state index >= 15 is 0 Å². The lowest BCUT2D eigenvalue weighted by Crippen LogP contribution is -2.14. The van der Waals surface area contributed by atoms with E-state index in [-0.39, 0.29) is 9.52 Å². The van der Waals surface area contributed by atoms with Gasteiger partial charge >= 0.3 is 0 Å². The lowest BCUT2D eigenvalue weighted by molar-refractivity contribution is 0.177. The van der Waals surface area contributed by atoms with Crippen molar-refractivity contribution < 1.29 is 4.74 Å². The lowest BCUT2D eigenvalue weighted by Gasteiger charge is -2.18. The van der Waals surface area contributed by atoms with Crippen LogP contribution in [0.5, 0.6) is 0 Å². The van der Waals surface area contributed by atoms with Gasteiger partial charge in [0.2, 0.25) is 0 Å². The molecule has 0 N–H and O–H groups in total. The molecule has 0 spiro atoms. The number of ether oxygens (including phenoxy) is 1. The van der Waals surface area contributed by atoms with Gasteiger partial charge in [0.15, 0.2) is 0 Å². The highest BCUT2D eigenvalue weighted by atomic mass is 28.2. The minimum Gasteiger partial charge on any atom is -0.500 e. The Hall–Kier alpha value is -0.243. The van der Waals surface area contributed by atoms with Crippen LogP contribution in [-0.4, -0.2) is 15.2 Å². The molecule has 0 aromatic rings. The predicted molar refractivity (Wildman–Crippen MR) is 51.5 cm³/mol. The zero-order valence-electron chi connectivity index (χ0n) is 7.60. The average molecular weight is 170 g/mol. The van der Waals surface area contributed by atoms with Gasteiger partial charge in [0.25, 0.3) is 0 Å². The molecule has 1 unspecified atom stereocenters. The van der Waals surface area contributed by atoms with E-state index in [0.29, 0.717) is 5.73 Å². The van der Waals surface area contributed by atoms with E-state index in [2.05, 4.69) is 19.5 Å². The standard InChI is InChI=1S/C9H18OSi/c1-8(11-2)10-9-6-4-3-5-7-9/h6,8H,3-5,7,11H2,1-2H3. The highest BCUT2D eigenvalue weighted by Gasteiger charge is 2.07. The van der Waals surface area contributed by atoms with E-state index in [1.165, 1.54) is 31.4 Å². The van der Waals surface area contributed by atoms with Crippen LogP contribution in [0.2, 0.25) is 6.55 Å². The van der Waals surface area contributed by atoms with E-state index in [9.17, 15) is 0 Å². The Morgan fingerprint density at radius 2 is 2.36 bits per heavy atom. The third kappa shape index (κ3) is 3.10. The number of hydrogen-bond acceptors (Lipinski definition) is 1. The van der Waals surface area contributed by atoms with Crippen LogP contribution in [0.3, 0.4) is 0 Å². The van der Waals surface area contributed by atoms with Gasteiger partial charge in [-0.15, -0.1) is 0 Å². The van der Waals surface area contributed by atoms with Crippen molar-refractivity contribution in [1.82, 2.24) is 0 Å². The molecule has 0 radical (unpaired) electrons. The molecule has 64 valence electrons. The quantitative estimate of drug-likeness (QED) is 0.589. The molecule has 1 atom stereocenters. The van der Waals surface area contributed by atoms with Crippen LogP contribution >= 0.6 is 0 Å². The second-order valence-corrected chi connectivity index (χ2v) is 5.22. The summed E-state index contributed by atoms with van der Waals surface area (Å²) >= 11 is 0. The van der Waals surface area contributed by atoms with Crippen LogP contribution in [0, 0.1) is 0 Å². The van der Waals surface area contributed by atoms with Crippen molar-refractivity contribution in [1.29, 1.82) is 0 Å². The maximum absolute atomic E-state index is 5.76. The van der Waals surface area contributed by atoms with Crippen molar-refractivity contribution in [3.05, 3.63) is 11.8 Å². The molecule has 11 heavy (non-hydrogen) atoms. The lowest BCUT2D eigenvalue weighted by atomic mass is 10.1. The molecule has 1 aliphatic rings. The summed E-state index contributed by atoms with van der Waals surface area (Å²) in [5, 5.41) is 0. The zero-order chi connectivity index (χ0) is 8.10. The summed E-state index contributed by atoms with van der Waals surface area (Å²) in [6.07, 6.45) is 7.35. The number of rotatable bonds is 3. The van der Waals surface area contributed by atoms with E-state index in [1.54, 1.807) is 0 Å². The highest BCUT2D eigenvalue weighted by molar-refractivity contribution is 6.35. The normalized spacial score (nSPS) is 21.8. The van der Waals surface area contributed by atoms with Gasteiger partial charge < -0.3 is 4.74 Å². The molecule has 0 saturated carbocycles. The van der Waals surface area contributed by atoms with E-state index in [1.807, 2.05) is 0 Å². The molecule has 0 bridgehead atoms. The van der Waals surface area contributed by atoms with Crippen LogP contribution < -0.4 is 0 Å². The molecule has 0 saturated heterocycles. The fourth-order valence-electron chi connectivity index (χ4n) is 1.26. The van der Waals surface area contributed by atoms with Gasteiger partial charge in [0, 0.05) is 6.42 Å². The van der Waals surface area contributed by atoms with Gasteiger partial charge in [-0.2, -0.15) is 0 Å². The number of allylic oxidation sites excluding steroid dienone is 2. The van der Waals surface area contributed by atoms with E-state index in [4.69, 9.17) is 4.74 Å². The first-order valence-electron chi connectivity index (χ1n) is 4.68. The Balaban J connectivity index is 2.29. The molecular formula is C9H18OSi. The van der Waals surface area contributed by atoms with Crippen molar-refractivity contribution in [3.8, 4) is 0 Å². The second kappa shape index (κ2) is 4.60. The predicted octanol–water partition coefficient (Wildman–Crippen LogP) is 2.02. The minimum atomic E-state index is 0.0303. The minimum absolute atomic E-state index is 0.0303. The maximum Gasteiger partial charge on any atom is 0.0918 e. The van der Waals surface area contributed by atoms with Crippen LogP contribution in [0.1, 0.15) is 32.6 Å². The molecular weight excluding hydrogens is 152 g/mol. The van der Waals surface area contributed by atoms with Gasteiger partial charge in [0.1, 0.15) is 0 Å². The Morgan fingerprint density at radius 1 is 1.55 bits per heavy atom. The molecule has 1 aliphatic carbocycles. The largest absolute Gasteiger partial charge is 0.500 e. The van der Waals surface area contributed by atoms with Crippen LogP contribution in [0.4, 0.5) is 0 Å². The second-order valence-electron chi connectivity index (χ2n) is 3.25. The number of hydrogen-bond donors (Lipinski definition) is 0. The molecule has 0 aliphatic heterocycles. The smallest absolute Gasteiger partial charge is 0.0918 e. The summed E-state index contributed by atoms with van der Waals surface area (Å²) in [6, 6.07) is 0. The van der Waals surface area contributed by atoms with Gasteiger partial charge in [-0.25, -0.2) is 0 Å². The third-order valence-corrected chi connectivity index (χ3v) is 3.49. The third-order valence-electron chi connectivity index (χ3n) is 2.18. The van der Waals surface area contributed by atoms with E-state index < -0.39 is 0 Å². The first-order valence-corrected chi connectivity index (χ1v) is 6.91. The zero-order valence-corrected chi connectivity index (χ0v) is 9.01. The summed E-state index contributed by atoms with van der Waals surface area (Å²) in [6.45, 7) is 4.50. The summed E-state index contributed by atoms with van der Waals surface area (Å²) in [7, 11) is 0.0303. The van der Waals surface area contributed by atoms with Gasteiger partial charge in [-0.05, 0) is 32.3 Å². The van der Waals surface area contributed by atoms with Gasteiger partial charge in [0.05, 0.1) is 21.0 Å². The van der Waals surface area contributed by atoms with Crippen molar-refractivity contribution in [2.75, 3.05) is 0 Å². The fourth-order valence-corrected chi connectivity index (χ4v) is 1.64. The molecule has 0 heterocycles. The van der Waals surface area contributed by atoms with Crippen molar-refractivity contribution in [2.24, 2.45) is 0 Å². The van der Waals surface area contributed by atoms with Crippen molar-refractivity contribution in [3.63, 3.8) is 0 Å². The first kappa shape index (κ1) is 8.85. The topological polar surface area (TPSA) is 9.23 Å².